The third kappa shape index (κ3) is 3.53. The molecule has 2 aromatic rings. The Bertz CT molecular complexity index is 548. The van der Waals surface area contributed by atoms with Crippen molar-refractivity contribution in [3.05, 3.63) is 59.7 Å². The van der Waals surface area contributed by atoms with Gasteiger partial charge in [0.2, 0.25) is 0 Å². The van der Waals surface area contributed by atoms with E-state index in [1.54, 1.807) is 12.1 Å². The minimum Gasteiger partial charge on any atom is -0.508 e. The van der Waals surface area contributed by atoms with Crippen LogP contribution in [0.4, 0.5) is 5.69 Å². The number of likely N-dealkylation sites (N-methyl/N-ethyl adjacent to an activating group) is 1. The molecule has 2 nitrogen and oxygen atoms in total. The zero-order valence-corrected chi connectivity index (χ0v) is 12.5. The normalized spacial score (nSPS) is 12.2. The van der Waals surface area contributed by atoms with Crippen LogP contribution >= 0.6 is 0 Å². The molecule has 2 rings (SSSR count). The van der Waals surface area contributed by atoms with Gasteiger partial charge in [0.15, 0.2) is 0 Å². The number of benzene rings is 2. The van der Waals surface area contributed by atoms with E-state index in [2.05, 4.69) is 49.9 Å². The maximum atomic E-state index is 9.34. The Morgan fingerprint density at radius 1 is 1.10 bits per heavy atom. The molecular formula is C18H23NO. The Morgan fingerprint density at radius 2 is 1.80 bits per heavy atom. The molecule has 1 atom stereocenters. The van der Waals surface area contributed by atoms with E-state index in [4.69, 9.17) is 0 Å². The first-order chi connectivity index (χ1) is 9.60. The van der Waals surface area contributed by atoms with E-state index < -0.39 is 0 Å². The summed E-state index contributed by atoms with van der Waals surface area (Å²) in [6, 6.07) is 16.6. The summed E-state index contributed by atoms with van der Waals surface area (Å²) in [5.41, 5.74) is 3.82. The molecule has 0 aliphatic heterocycles. The Labute approximate surface area is 121 Å². The molecule has 1 N–H and O–H groups in total. The van der Waals surface area contributed by atoms with Gasteiger partial charge in [-0.25, -0.2) is 0 Å². The number of hydrogen-bond acceptors (Lipinski definition) is 2. The second-order valence-electron chi connectivity index (χ2n) is 5.34. The van der Waals surface area contributed by atoms with Gasteiger partial charge in [-0.3, -0.25) is 0 Å². The summed E-state index contributed by atoms with van der Waals surface area (Å²) >= 11 is 0. The molecule has 0 spiro atoms. The van der Waals surface area contributed by atoms with Crippen LogP contribution in [0, 0.1) is 6.92 Å². The van der Waals surface area contributed by atoms with Gasteiger partial charge in [-0.2, -0.15) is 0 Å². The van der Waals surface area contributed by atoms with Gasteiger partial charge in [-0.05, 0) is 62.6 Å². The molecule has 0 aliphatic carbocycles. The Morgan fingerprint density at radius 3 is 2.40 bits per heavy atom. The second-order valence-corrected chi connectivity index (χ2v) is 5.34. The van der Waals surface area contributed by atoms with Gasteiger partial charge in [-0.15, -0.1) is 0 Å². The Balaban J connectivity index is 2.13. The lowest BCUT2D eigenvalue weighted by Gasteiger charge is -2.30. The molecular weight excluding hydrogens is 246 g/mol. The highest BCUT2D eigenvalue weighted by atomic mass is 16.3. The van der Waals surface area contributed by atoms with Crippen molar-refractivity contribution in [2.75, 3.05) is 11.4 Å². The van der Waals surface area contributed by atoms with E-state index in [0.717, 1.165) is 13.0 Å². The summed E-state index contributed by atoms with van der Waals surface area (Å²) in [5, 5.41) is 9.34. The van der Waals surface area contributed by atoms with E-state index in [9.17, 15) is 5.11 Å². The molecule has 20 heavy (non-hydrogen) atoms. The highest BCUT2D eigenvalue weighted by molar-refractivity contribution is 5.49. The monoisotopic (exact) mass is 269 g/mol. The van der Waals surface area contributed by atoms with Crippen molar-refractivity contribution in [3.8, 4) is 5.75 Å². The first-order valence-electron chi connectivity index (χ1n) is 7.21. The number of rotatable bonds is 5. The fraction of sp³-hybridized carbons (Fsp3) is 0.333. The van der Waals surface area contributed by atoms with Crippen molar-refractivity contribution in [1.82, 2.24) is 0 Å². The van der Waals surface area contributed by atoms with Crippen molar-refractivity contribution in [3.63, 3.8) is 0 Å². The minimum atomic E-state index is 0.326. The maximum Gasteiger partial charge on any atom is 0.115 e. The molecule has 0 amide bonds. The molecule has 0 fully saturated rings. The van der Waals surface area contributed by atoms with Crippen molar-refractivity contribution < 1.29 is 5.11 Å². The quantitative estimate of drug-likeness (QED) is 0.881. The van der Waals surface area contributed by atoms with Crippen LogP contribution in [0.1, 0.15) is 25.0 Å². The Hall–Kier alpha value is -1.96. The standard InChI is InChI=1S/C18H23NO/c1-4-19(17-7-5-6-14(2)12-17)15(3)13-16-8-10-18(20)11-9-16/h5-12,15,20H,4,13H2,1-3H3. The van der Waals surface area contributed by atoms with Crippen molar-refractivity contribution >= 4 is 5.69 Å². The van der Waals surface area contributed by atoms with Gasteiger partial charge in [0.25, 0.3) is 0 Å². The lowest BCUT2D eigenvalue weighted by atomic mass is 10.0. The summed E-state index contributed by atoms with van der Waals surface area (Å²) in [6.07, 6.45) is 0.974. The molecule has 0 aromatic heterocycles. The van der Waals surface area contributed by atoms with Gasteiger partial charge < -0.3 is 10.0 Å². The van der Waals surface area contributed by atoms with Gasteiger partial charge >= 0.3 is 0 Å². The van der Waals surface area contributed by atoms with Crippen molar-refractivity contribution in [2.45, 2.75) is 33.2 Å². The van der Waals surface area contributed by atoms with Crippen LogP contribution in [0.15, 0.2) is 48.5 Å². The molecule has 0 radical (unpaired) electrons. The maximum absolute atomic E-state index is 9.34. The molecule has 1 unspecified atom stereocenters. The van der Waals surface area contributed by atoms with Crippen LogP contribution in [0.3, 0.4) is 0 Å². The van der Waals surface area contributed by atoms with Gasteiger partial charge in [0.05, 0.1) is 0 Å². The van der Waals surface area contributed by atoms with E-state index in [1.807, 2.05) is 12.1 Å². The number of aryl methyl sites for hydroxylation is 1. The summed E-state index contributed by atoms with van der Waals surface area (Å²) in [6.45, 7) is 7.55. The van der Waals surface area contributed by atoms with Crippen LogP contribution in [0.25, 0.3) is 0 Å². The highest BCUT2D eigenvalue weighted by Crippen LogP contribution is 2.21. The predicted octanol–water partition coefficient (Wildman–Crippen LogP) is 4.16. The fourth-order valence-corrected chi connectivity index (χ4v) is 2.64. The molecule has 106 valence electrons. The molecule has 0 aliphatic rings. The number of phenols is 1. The van der Waals surface area contributed by atoms with Crippen LogP contribution < -0.4 is 4.90 Å². The van der Waals surface area contributed by atoms with Crippen LogP contribution in [0.2, 0.25) is 0 Å². The smallest absolute Gasteiger partial charge is 0.115 e. The van der Waals surface area contributed by atoms with Gasteiger partial charge in [0, 0.05) is 18.3 Å². The lowest BCUT2D eigenvalue weighted by molar-refractivity contribution is 0.475. The first-order valence-corrected chi connectivity index (χ1v) is 7.21. The number of anilines is 1. The van der Waals surface area contributed by atoms with Crippen molar-refractivity contribution in [1.29, 1.82) is 0 Å². The number of phenolic OH excluding ortho intramolecular Hbond substituents is 1. The Kier molecular flexibility index (Phi) is 4.67. The fourth-order valence-electron chi connectivity index (χ4n) is 2.64. The largest absolute Gasteiger partial charge is 0.508 e. The third-order valence-electron chi connectivity index (χ3n) is 3.67. The molecule has 0 bridgehead atoms. The van der Waals surface area contributed by atoms with E-state index in [0.29, 0.717) is 11.8 Å². The molecule has 0 saturated heterocycles. The molecule has 2 aromatic carbocycles. The van der Waals surface area contributed by atoms with Crippen LogP contribution in [-0.4, -0.2) is 17.7 Å². The van der Waals surface area contributed by atoms with E-state index in [-0.39, 0.29) is 0 Å². The number of nitrogens with zero attached hydrogens (tertiary/aromatic N) is 1. The summed E-state index contributed by atoms with van der Waals surface area (Å²) in [7, 11) is 0. The average molecular weight is 269 g/mol. The topological polar surface area (TPSA) is 23.5 Å². The first kappa shape index (κ1) is 14.4. The van der Waals surface area contributed by atoms with Crippen molar-refractivity contribution in [2.24, 2.45) is 0 Å². The summed E-state index contributed by atoms with van der Waals surface area (Å²) < 4.78 is 0. The third-order valence-corrected chi connectivity index (χ3v) is 3.67. The predicted molar refractivity (Wildman–Crippen MR) is 85.5 cm³/mol. The van der Waals surface area contributed by atoms with Gasteiger partial charge in [0.1, 0.15) is 5.75 Å². The number of hydrogen-bond donors (Lipinski definition) is 1. The van der Waals surface area contributed by atoms with Crippen LogP contribution in [-0.2, 0) is 6.42 Å². The highest BCUT2D eigenvalue weighted by Gasteiger charge is 2.13. The zero-order valence-electron chi connectivity index (χ0n) is 12.5. The molecule has 0 heterocycles. The zero-order chi connectivity index (χ0) is 14.5. The average Bonchev–Trinajstić information content (AvgIpc) is 2.42. The van der Waals surface area contributed by atoms with E-state index in [1.165, 1.54) is 16.8 Å². The number of aromatic hydroxyl groups is 1. The van der Waals surface area contributed by atoms with Gasteiger partial charge in [-0.1, -0.05) is 24.3 Å². The summed E-state index contributed by atoms with van der Waals surface area (Å²) in [4.78, 5) is 2.42. The second kappa shape index (κ2) is 6.47. The molecule has 0 saturated carbocycles. The lowest BCUT2D eigenvalue weighted by Crippen LogP contribution is -2.34. The summed E-state index contributed by atoms with van der Waals surface area (Å²) in [5.74, 6) is 0.326. The minimum absolute atomic E-state index is 0.326. The molecule has 2 heteroatoms. The SMILES string of the molecule is CCN(c1cccc(C)c1)C(C)Cc1ccc(O)cc1. The van der Waals surface area contributed by atoms with Crippen LogP contribution in [0.5, 0.6) is 5.75 Å². The van der Waals surface area contributed by atoms with E-state index >= 15 is 0 Å².